The second-order valence-corrected chi connectivity index (χ2v) is 8.81. The highest BCUT2D eigenvalue weighted by Crippen LogP contribution is 2.43. The summed E-state index contributed by atoms with van der Waals surface area (Å²) in [6, 6.07) is 14.9. The Hall–Kier alpha value is -2.73. The zero-order chi connectivity index (χ0) is 22.0. The number of carbonyl (C=O) groups is 2. The summed E-state index contributed by atoms with van der Waals surface area (Å²) in [5.74, 6) is -0.886. The summed E-state index contributed by atoms with van der Waals surface area (Å²) in [4.78, 5) is 30.2. The van der Waals surface area contributed by atoms with Crippen molar-refractivity contribution in [3.8, 4) is 0 Å². The van der Waals surface area contributed by atoms with Crippen molar-refractivity contribution in [2.75, 3.05) is 13.7 Å². The van der Waals surface area contributed by atoms with Crippen LogP contribution in [0.4, 0.5) is 4.39 Å². The number of halogens is 1. The van der Waals surface area contributed by atoms with Gasteiger partial charge in [-0.1, -0.05) is 55.8 Å². The van der Waals surface area contributed by atoms with Crippen molar-refractivity contribution < 1.29 is 18.7 Å². The molecule has 1 aliphatic heterocycles. The van der Waals surface area contributed by atoms with Crippen molar-refractivity contribution in [1.29, 1.82) is 0 Å². The summed E-state index contributed by atoms with van der Waals surface area (Å²) in [5.41, 5.74) is 0.129. The predicted octanol–water partition coefficient (Wildman–Crippen LogP) is 4.23. The number of hydrogen-bond acceptors (Lipinski definition) is 3. The van der Waals surface area contributed by atoms with E-state index in [9.17, 15) is 14.0 Å². The maximum Gasteiger partial charge on any atom is 0.259 e. The summed E-state index contributed by atoms with van der Waals surface area (Å²) in [5, 5.41) is 0. The van der Waals surface area contributed by atoms with Gasteiger partial charge < -0.3 is 9.64 Å². The lowest BCUT2D eigenvalue weighted by Gasteiger charge is -2.43. The second kappa shape index (κ2) is 8.79. The lowest BCUT2D eigenvalue weighted by Crippen LogP contribution is -2.57. The van der Waals surface area contributed by atoms with Crippen LogP contribution in [0.5, 0.6) is 0 Å². The molecule has 5 nitrogen and oxygen atoms in total. The van der Waals surface area contributed by atoms with Crippen molar-refractivity contribution in [3.05, 3.63) is 71.5 Å². The molecular formula is C25H29FN2O3. The van der Waals surface area contributed by atoms with Crippen LogP contribution in [0.25, 0.3) is 0 Å². The van der Waals surface area contributed by atoms with Crippen LogP contribution in [0.15, 0.2) is 54.6 Å². The van der Waals surface area contributed by atoms with Gasteiger partial charge in [0.15, 0.2) is 0 Å². The third kappa shape index (κ3) is 4.22. The number of likely N-dealkylation sites (N-methyl/N-ethyl adjacent to an activating group) is 1. The van der Waals surface area contributed by atoms with E-state index in [1.54, 1.807) is 29.0 Å². The van der Waals surface area contributed by atoms with Gasteiger partial charge in [0, 0.05) is 13.6 Å². The van der Waals surface area contributed by atoms with E-state index in [-0.39, 0.29) is 18.1 Å². The van der Waals surface area contributed by atoms with Crippen molar-refractivity contribution in [1.82, 2.24) is 9.80 Å². The fraction of sp³-hybridized carbons (Fsp3) is 0.440. The number of hydrogen-bond donors (Lipinski definition) is 0. The molecule has 0 N–H and O–H groups in total. The molecule has 164 valence electrons. The lowest BCUT2D eigenvalue weighted by atomic mass is 9.83. The fourth-order valence-electron chi connectivity index (χ4n) is 4.95. The van der Waals surface area contributed by atoms with Gasteiger partial charge in [0.25, 0.3) is 5.91 Å². The lowest BCUT2D eigenvalue weighted by molar-refractivity contribution is -0.137. The topological polar surface area (TPSA) is 49.9 Å². The molecule has 3 atom stereocenters. The Morgan fingerprint density at radius 1 is 1.16 bits per heavy atom. The van der Waals surface area contributed by atoms with E-state index in [1.807, 2.05) is 30.3 Å². The molecule has 2 fully saturated rings. The molecule has 1 saturated heterocycles. The number of benzene rings is 2. The minimum absolute atomic E-state index is 0.0193. The smallest absolute Gasteiger partial charge is 0.259 e. The largest absolute Gasteiger partial charge is 0.353 e. The first kappa shape index (κ1) is 21.5. The summed E-state index contributed by atoms with van der Waals surface area (Å²) in [6.07, 6.45) is 3.27. The van der Waals surface area contributed by atoms with Crippen LogP contribution in [0.1, 0.15) is 48.5 Å². The minimum Gasteiger partial charge on any atom is -0.353 e. The van der Waals surface area contributed by atoms with Crippen LogP contribution in [0.3, 0.4) is 0 Å². The van der Waals surface area contributed by atoms with Crippen LogP contribution >= 0.6 is 0 Å². The number of carbonyl (C=O) groups excluding carboxylic acids is 2. The Kier molecular flexibility index (Phi) is 6.10. The fourth-order valence-corrected chi connectivity index (χ4v) is 4.95. The van der Waals surface area contributed by atoms with E-state index < -0.39 is 23.5 Å². The van der Waals surface area contributed by atoms with Crippen LogP contribution in [0, 0.1) is 11.7 Å². The molecule has 31 heavy (non-hydrogen) atoms. The van der Waals surface area contributed by atoms with Crippen LogP contribution < -0.4 is 0 Å². The molecule has 1 saturated carbocycles. The number of rotatable bonds is 4. The van der Waals surface area contributed by atoms with E-state index in [2.05, 4.69) is 6.92 Å². The van der Waals surface area contributed by atoms with E-state index >= 15 is 0 Å². The van der Waals surface area contributed by atoms with E-state index in [0.29, 0.717) is 25.3 Å². The monoisotopic (exact) mass is 424 g/mol. The standard InChI is InChI=1S/C25H29FN2O3/c1-18-9-8-14-25(15-18)28(23(29)20-12-6-7-13-21(20)26)22(17-31-25)24(30)27(2)16-19-10-4-3-5-11-19/h3-7,10-13,18,22H,8-9,14-17H2,1-2H3/t18-,22+,25-/m1/s1. The average Bonchev–Trinajstić information content (AvgIpc) is 3.11. The zero-order valence-corrected chi connectivity index (χ0v) is 18.1. The molecule has 2 aromatic rings. The highest BCUT2D eigenvalue weighted by atomic mass is 19.1. The summed E-state index contributed by atoms with van der Waals surface area (Å²) in [7, 11) is 1.73. The number of ether oxygens (including phenoxy) is 1. The van der Waals surface area contributed by atoms with Gasteiger partial charge >= 0.3 is 0 Å². The molecular weight excluding hydrogens is 395 g/mol. The molecule has 2 aromatic carbocycles. The van der Waals surface area contributed by atoms with E-state index in [4.69, 9.17) is 4.74 Å². The molecule has 0 unspecified atom stereocenters. The van der Waals surface area contributed by atoms with E-state index in [0.717, 1.165) is 18.4 Å². The zero-order valence-electron chi connectivity index (χ0n) is 18.1. The number of nitrogens with zero attached hydrogens (tertiary/aromatic N) is 2. The van der Waals surface area contributed by atoms with Crippen molar-refractivity contribution in [3.63, 3.8) is 0 Å². The van der Waals surface area contributed by atoms with Crippen LogP contribution in [0.2, 0.25) is 0 Å². The van der Waals surface area contributed by atoms with Gasteiger partial charge in [-0.3, -0.25) is 14.5 Å². The van der Waals surface area contributed by atoms with Crippen molar-refractivity contribution >= 4 is 11.8 Å². The first-order valence-electron chi connectivity index (χ1n) is 10.9. The Labute approximate surface area is 182 Å². The molecule has 4 rings (SSSR count). The third-order valence-corrected chi connectivity index (χ3v) is 6.44. The molecule has 1 aliphatic carbocycles. The Morgan fingerprint density at radius 2 is 1.87 bits per heavy atom. The Morgan fingerprint density at radius 3 is 2.58 bits per heavy atom. The van der Waals surface area contributed by atoms with Gasteiger partial charge in [0.1, 0.15) is 17.6 Å². The molecule has 0 radical (unpaired) electrons. The molecule has 1 spiro atoms. The summed E-state index contributed by atoms with van der Waals surface area (Å²) >= 11 is 0. The Bertz CT molecular complexity index is 951. The first-order valence-corrected chi connectivity index (χ1v) is 10.9. The summed E-state index contributed by atoms with van der Waals surface area (Å²) in [6.45, 7) is 2.69. The molecule has 6 heteroatoms. The second-order valence-electron chi connectivity index (χ2n) is 8.81. The quantitative estimate of drug-likeness (QED) is 0.738. The number of amides is 2. The van der Waals surface area contributed by atoms with Gasteiger partial charge in [-0.05, 0) is 42.9 Å². The molecule has 2 amide bonds. The maximum atomic E-state index is 14.5. The van der Waals surface area contributed by atoms with Crippen LogP contribution in [-0.2, 0) is 16.1 Å². The van der Waals surface area contributed by atoms with Gasteiger partial charge in [0.2, 0.25) is 5.91 Å². The van der Waals surface area contributed by atoms with E-state index in [1.165, 1.54) is 12.1 Å². The van der Waals surface area contributed by atoms with Crippen LogP contribution in [-0.4, -0.2) is 47.0 Å². The maximum absolute atomic E-state index is 14.5. The highest BCUT2D eigenvalue weighted by Gasteiger charge is 2.54. The van der Waals surface area contributed by atoms with Gasteiger partial charge in [-0.2, -0.15) is 0 Å². The van der Waals surface area contributed by atoms with Gasteiger partial charge in [-0.25, -0.2) is 4.39 Å². The van der Waals surface area contributed by atoms with Gasteiger partial charge in [-0.15, -0.1) is 0 Å². The van der Waals surface area contributed by atoms with Crippen molar-refractivity contribution in [2.24, 2.45) is 5.92 Å². The highest BCUT2D eigenvalue weighted by molar-refractivity contribution is 5.98. The first-order chi connectivity index (χ1) is 14.9. The molecule has 0 bridgehead atoms. The van der Waals surface area contributed by atoms with Crippen molar-refractivity contribution in [2.45, 2.75) is 50.9 Å². The minimum atomic E-state index is -0.856. The normalized spacial score (nSPS) is 25.6. The average molecular weight is 425 g/mol. The SMILES string of the molecule is C[C@@H]1CCC[C@]2(C1)OC[C@@H](C(=O)N(C)Cc1ccccc1)N2C(=O)c1ccccc1F. The van der Waals surface area contributed by atoms with Gasteiger partial charge in [0.05, 0.1) is 12.2 Å². The third-order valence-electron chi connectivity index (χ3n) is 6.44. The molecule has 0 aromatic heterocycles. The molecule has 1 heterocycles. The molecule has 2 aliphatic rings. The predicted molar refractivity (Wildman–Crippen MR) is 116 cm³/mol. The summed E-state index contributed by atoms with van der Waals surface area (Å²) < 4.78 is 20.7. The Balaban J connectivity index is 1.65.